The summed E-state index contributed by atoms with van der Waals surface area (Å²) in [5, 5.41) is 2.93. The molecule has 0 aliphatic rings. The van der Waals surface area contributed by atoms with Gasteiger partial charge in [0, 0.05) is 26.6 Å². The van der Waals surface area contributed by atoms with Gasteiger partial charge in [0.05, 0.1) is 27.0 Å². The lowest BCUT2D eigenvalue weighted by atomic mass is 10.0. The topological polar surface area (TPSA) is 105 Å². The number of methoxy groups -OCH3 is 2. The van der Waals surface area contributed by atoms with Crippen LogP contribution in [0, 0.1) is 5.82 Å². The zero-order valence-corrected chi connectivity index (χ0v) is 24.5. The molecule has 11 heteroatoms. The van der Waals surface area contributed by atoms with Crippen LogP contribution < -0.4 is 14.8 Å². The molecule has 220 valence electrons. The molecule has 0 bridgehead atoms. The highest BCUT2D eigenvalue weighted by Gasteiger charge is 2.31. The number of nitrogens with one attached hydrogen (secondary N) is 1. The van der Waals surface area contributed by atoms with Gasteiger partial charge in [-0.3, -0.25) is 9.59 Å². The van der Waals surface area contributed by atoms with Crippen molar-refractivity contribution in [2.75, 3.05) is 40.6 Å². The number of nitrogens with zero attached hydrogens (tertiary/aromatic N) is 2. The molecule has 0 aliphatic heterocycles. The number of hydrogen-bond donors (Lipinski definition) is 1. The molecular formula is C30H36FN3O6S. The summed E-state index contributed by atoms with van der Waals surface area (Å²) in [5.74, 6) is -0.219. The Morgan fingerprint density at radius 1 is 0.902 bits per heavy atom. The average Bonchev–Trinajstić information content (AvgIpc) is 2.95. The summed E-state index contributed by atoms with van der Waals surface area (Å²) in [6.45, 7) is -0.191. The second kappa shape index (κ2) is 14.6. The second-order valence-electron chi connectivity index (χ2n) is 9.60. The summed E-state index contributed by atoms with van der Waals surface area (Å²) in [6.07, 6.45) is 1.69. The van der Waals surface area contributed by atoms with E-state index < -0.39 is 40.2 Å². The van der Waals surface area contributed by atoms with Crippen LogP contribution in [0.2, 0.25) is 0 Å². The summed E-state index contributed by atoms with van der Waals surface area (Å²) in [6, 6.07) is 19.4. The van der Waals surface area contributed by atoms with E-state index >= 15 is 0 Å². The Labute approximate surface area is 240 Å². The molecule has 0 radical (unpaired) electrons. The normalized spacial score (nSPS) is 12.0. The molecule has 0 fully saturated rings. The molecule has 0 aliphatic carbocycles. The molecular weight excluding hydrogens is 549 g/mol. The predicted octanol–water partition coefficient (Wildman–Crippen LogP) is 3.03. The van der Waals surface area contributed by atoms with Crippen molar-refractivity contribution >= 4 is 21.8 Å². The number of rotatable bonds is 14. The third kappa shape index (κ3) is 9.29. The fourth-order valence-electron chi connectivity index (χ4n) is 4.22. The Hall–Kier alpha value is -3.96. The molecule has 2 amide bonds. The van der Waals surface area contributed by atoms with Gasteiger partial charge >= 0.3 is 0 Å². The molecule has 0 heterocycles. The molecule has 3 aromatic carbocycles. The van der Waals surface area contributed by atoms with Crippen LogP contribution >= 0.6 is 0 Å². The maximum Gasteiger partial charge on any atom is 0.243 e. The van der Waals surface area contributed by atoms with E-state index in [1.165, 1.54) is 36.2 Å². The van der Waals surface area contributed by atoms with Gasteiger partial charge in [-0.25, -0.2) is 12.8 Å². The average molecular weight is 586 g/mol. The number of amides is 2. The van der Waals surface area contributed by atoms with E-state index in [0.717, 1.165) is 21.7 Å². The van der Waals surface area contributed by atoms with E-state index in [0.29, 0.717) is 23.5 Å². The summed E-state index contributed by atoms with van der Waals surface area (Å²) >= 11 is 0. The number of ether oxygens (including phenoxy) is 2. The lowest BCUT2D eigenvalue weighted by Crippen LogP contribution is -2.53. The monoisotopic (exact) mass is 585 g/mol. The van der Waals surface area contributed by atoms with Crippen LogP contribution in [-0.4, -0.2) is 76.1 Å². The van der Waals surface area contributed by atoms with Crippen LogP contribution in [0.5, 0.6) is 11.5 Å². The van der Waals surface area contributed by atoms with Gasteiger partial charge in [-0.1, -0.05) is 48.5 Å². The first-order valence-electron chi connectivity index (χ1n) is 13.0. The van der Waals surface area contributed by atoms with Gasteiger partial charge in [-0.05, 0) is 47.4 Å². The highest BCUT2D eigenvalue weighted by atomic mass is 32.2. The Balaban J connectivity index is 1.88. The van der Waals surface area contributed by atoms with E-state index in [1.54, 1.807) is 20.3 Å². The Bertz CT molecular complexity index is 1420. The van der Waals surface area contributed by atoms with Gasteiger partial charge in [0.1, 0.15) is 11.9 Å². The van der Waals surface area contributed by atoms with Crippen LogP contribution in [0.25, 0.3) is 0 Å². The number of benzene rings is 3. The summed E-state index contributed by atoms with van der Waals surface area (Å²) < 4.78 is 49.3. The van der Waals surface area contributed by atoms with Crippen LogP contribution in [0.15, 0.2) is 72.8 Å². The molecule has 1 unspecified atom stereocenters. The number of halogens is 1. The molecule has 0 spiro atoms. The van der Waals surface area contributed by atoms with E-state index in [2.05, 4.69) is 5.32 Å². The molecule has 9 nitrogen and oxygen atoms in total. The van der Waals surface area contributed by atoms with Crippen molar-refractivity contribution in [2.24, 2.45) is 0 Å². The fourth-order valence-corrected chi connectivity index (χ4v) is 4.57. The molecule has 1 atom stereocenters. The van der Waals surface area contributed by atoms with Crippen molar-refractivity contribution in [3.63, 3.8) is 0 Å². The largest absolute Gasteiger partial charge is 0.493 e. The first-order chi connectivity index (χ1) is 19.5. The Morgan fingerprint density at radius 2 is 1.54 bits per heavy atom. The summed E-state index contributed by atoms with van der Waals surface area (Å²) in [4.78, 5) is 28.6. The van der Waals surface area contributed by atoms with Crippen molar-refractivity contribution in [1.82, 2.24) is 14.5 Å². The minimum absolute atomic E-state index is 0.0166. The molecule has 41 heavy (non-hydrogen) atoms. The van der Waals surface area contributed by atoms with Crippen molar-refractivity contribution in [3.05, 3.63) is 95.3 Å². The second-order valence-corrected chi connectivity index (χ2v) is 11.7. The highest BCUT2D eigenvalue weighted by molar-refractivity contribution is 7.88. The van der Waals surface area contributed by atoms with Crippen molar-refractivity contribution in [2.45, 2.75) is 25.4 Å². The van der Waals surface area contributed by atoms with Crippen LogP contribution in [-0.2, 0) is 39.0 Å². The number of carbonyl (C=O) groups excluding carboxylic acids is 2. The van der Waals surface area contributed by atoms with Gasteiger partial charge in [-0.2, -0.15) is 4.31 Å². The van der Waals surface area contributed by atoms with Crippen LogP contribution in [0.4, 0.5) is 4.39 Å². The Morgan fingerprint density at radius 3 is 2.15 bits per heavy atom. The van der Waals surface area contributed by atoms with E-state index in [9.17, 15) is 22.4 Å². The molecule has 1 N–H and O–H groups in total. The maximum absolute atomic E-state index is 13.7. The van der Waals surface area contributed by atoms with E-state index in [-0.39, 0.29) is 19.5 Å². The third-order valence-corrected chi connectivity index (χ3v) is 7.88. The predicted molar refractivity (Wildman–Crippen MR) is 155 cm³/mol. The Kier molecular flexibility index (Phi) is 11.2. The number of hydrogen-bond acceptors (Lipinski definition) is 6. The third-order valence-electron chi connectivity index (χ3n) is 6.62. The summed E-state index contributed by atoms with van der Waals surface area (Å²) in [5.41, 5.74) is 2.33. The quantitative estimate of drug-likeness (QED) is 0.312. The first-order valence-corrected chi connectivity index (χ1v) is 14.8. The lowest BCUT2D eigenvalue weighted by Gasteiger charge is -2.32. The van der Waals surface area contributed by atoms with Gasteiger partial charge < -0.3 is 19.7 Å². The zero-order valence-electron chi connectivity index (χ0n) is 23.7. The van der Waals surface area contributed by atoms with Crippen molar-refractivity contribution in [1.29, 1.82) is 0 Å². The van der Waals surface area contributed by atoms with Crippen LogP contribution in [0.3, 0.4) is 0 Å². The van der Waals surface area contributed by atoms with Gasteiger partial charge in [0.25, 0.3) is 0 Å². The fraction of sp³-hybridized carbons (Fsp3) is 0.333. The molecule has 0 saturated carbocycles. The zero-order chi connectivity index (χ0) is 30.0. The van der Waals surface area contributed by atoms with Crippen molar-refractivity contribution in [3.8, 4) is 11.5 Å². The van der Waals surface area contributed by atoms with E-state index in [4.69, 9.17) is 9.47 Å². The molecule has 0 aromatic heterocycles. The number of carbonyl (C=O) groups is 2. The first kappa shape index (κ1) is 31.6. The number of sulfonamides is 1. The van der Waals surface area contributed by atoms with E-state index in [1.807, 2.05) is 42.5 Å². The van der Waals surface area contributed by atoms with Gasteiger partial charge in [0.2, 0.25) is 21.8 Å². The standard InChI is InChI=1S/C30H36FN3O6S/c1-33(41(4,37)38)21-29(35)34(20-24-10-13-25(31)14-11-24)26(18-22-8-6-5-7-9-22)30(36)32-17-16-23-12-15-27(39-2)28(19-23)40-3/h5-15,19,26H,16-18,20-21H2,1-4H3,(H,32,36). The SMILES string of the molecule is COc1ccc(CCNC(=O)C(Cc2ccccc2)N(Cc2ccc(F)cc2)C(=O)CN(C)S(C)(=O)=O)cc1OC. The summed E-state index contributed by atoms with van der Waals surface area (Å²) in [7, 11) is 0.750. The molecule has 3 rings (SSSR count). The molecule has 0 saturated heterocycles. The van der Waals surface area contributed by atoms with Crippen molar-refractivity contribution < 1.29 is 31.9 Å². The highest BCUT2D eigenvalue weighted by Crippen LogP contribution is 2.27. The van der Waals surface area contributed by atoms with Crippen LogP contribution in [0.1, 0.15) is 16.7 Å². The minimum atomic E-state index is -3.65. The molecule has 3 aromatic rings. The smallest absolute Gasteiger partial charge is 0.243 e. The minimum Gasteiger partial charge on any atom is -0.493 e. The number of likely N-dealkylation sites (N-methyl/N-ethyl adjacent to an activating group) is 1. The van der Waals surface area contributed by atoms with Gasteiger partial charge in [-0.15, -0.1) is 0 Å². The van der Waals surface area contributed by atoms with Gasteiger partial charge in [0.15, 0.2) is 11.5 Å². The lowest BCUT2D eigenvalue weighted by molar-refractivity contribution is -0.141. The maximum atomic E-state index is 13.7.